The molecule has 5 atom stereocenters. The minimum absolute atomic E-state index is 0.0249. The highest BCUT2D eigenvalue weighted by atomic mass is 32.2. The normalized spacial score (nSPS) is 30.6. The Morgan fingerprint density at radius 2 is 1.76 bits per heavy atom. The van der Waals surface area contributed by atoms with E-state index in [9.17, 15) is 18.0 Å². The Bertz CT molecular complexity index is 1100. The van der Waals surface area contributed by atoms with Crippen LogP contribution in [-0.2, 0) is 19.6 Å². The van der Waals surface area contributed by atoms with Gasteiger partial charge in [-0.1, -0.05) is 26.8 Å². The van der Waals surface area contributed by atoms with Crippen LogP contribution in [0.15, 0.2) is 23.1 Å². The molecule has 3 aliphatic heterocycles. The van der Waals surface area contributed by atoms with Crippen LogP contribution in [0.25, 0.3) is 0 Å². The summed E-state index contributed by atoms with van der Waals surface area (Å²) in [6.07, 6.45) is 5.11. The van der Waals surface area contributed by atoms with E-state index in [1.807, 2.05) is 19.9 Å². The highest BCUT2D eigenvalue weighted by molar-refractivity contribution is 7.89. The van der Waals surface area contributed by atoms with Crippen molar-refractivity contribution in [3.63, 3.8) is 0 Å². The summed E-state index contributed by atoms with van der Waals surface area (Å²) in [5, 5.41) is 3.23. The Hall–Kier alpha value is -1.93. The Morgan fingerprint density at radius 3 is 2.46 bits per heavy atom. The van der Waals surface area contributed by atoms with Crippen LogP contribution in [0.5, 0.6) is 0 Å². The van der Waals surface area contributed by atoms with E-state index in [0.717, 1.165) is 36.8 Å². The second kappa shape index (κ2) is 11.4. The number of sulfonamides is 1. The van der Waals surface area contributed by atoms with Crippen molar-refractivity contribution in [2.75, 3.05) is 19.6 Å². The molecule has 0 radical (unpaired) electrons. The van der Waals surface area contributed by atoms with E-state index >= 15 is 0 Å². The van der Waals surface area contributed by atoms with Gasteiger partial charge in [-0.15, -0.1) is 0 Å². The molecule has 4 rings (SSSR count). The first kappa shape index (κ1) is 28.1. The maximum Gasteiger partial charge on any atom is 0.243 e. The maximum atomic E-state index is 13.6. The fourth-order valence-corrected chi connectivity index (χ4v) is 8.14. The number of fused-ring (bicyclic) bond motifs is 4. The minimum Gasteiger partial charge on any atom is -0.353 e. The van der Waals surface area contributed by atoms with E-state index in [1.165, 1.54) is 0 Å². The van der Waals surface area contributed by atoms with Crippen LogP contribution in [-0.4, -0.2) is 61.2 Å². The lowest BCUT2D eigenvalue weighted by atomic mass is 9.78. The number of amides is 2. The van der Waals surface area contributed by atoms with Gasteiger partial charge < -0.3 is 10.2 Å². The van der Waals surface area contributed by atoms with Gasteiger partial charge in [-0.25, -0.2) is 8.42 Å². The van der Waals surface area contributed by atoms with Crippen molar-refractivity contribution in [1.29, 1.82) is 0 Å². The van der Waals surface area contributed by atoms with E-state index in [-0.39, 0.29) is 41.7 Å². The second-order valence-corrected chi connectivity index (χ2v) is 14.2. The van der Waals surface area contributed by atoms with Gasteiger partial charge in [-0.3, -0.25) is 9.59 Å². The lowest BCUT2D eigenvalue weighted by Crippen LogP contribution is -2.60. The summed E-state index contributed by atoms with van der Waals surface area (Å²) in [6.45, 7) is 11.8. The average molecular weight is 532 g/mol. The summed E-state index contributed by atoms with van der Waals surface area (Å²) in [5.41, 5.74) is 2.04. The number of nitrogens with zero attached hydrogens (tertiary/aromatic N) is 2. The predicted molar refractivity (Wildman–Crippen MR) is 145 cm³/mol. The fraction of sp³-hybridized carbons (Fsp3) is 0.724. The molecule has 8 heteroatoms. The third-order valence-electron chi connectivity index (χ3n) is 8.92. The first-order chi connectivity index (χ1) is 17.5. The van der Waals surface area contributed by atoms with E-state index in [2.05, 4.69) is 31.0 Å². The smallest absolute Gasteiger partial charge is 0.243 e. The molecular weight excluding hydrogens is 486 g/mol. The first-order valence-corrected chi connectivity index (χ1v) is 15.6. The standard InChI is InChI=1S/C29H45N3O4S/c1-19(2)26-12-9-20(3)13-29(34)32-17-23-15-24(27(32)7-6-8-28(33)30-26)18-31(16-23)37(35,36)25-11-10-21(4)22(5)14-25/h10-11,14,19-20,23-24,26-27H,6-9,12-13,15-18H2,1-5H3,(H,30,33)/t20-,23+,24-,26+,27+/m1/s1. The highest BCUT2D eigenvalue weighted by Gasteiger charge is 2.45. The number of benzene rings is 1. The molecule has 1 aromatic carbocycles. The summed E-state index contributed by atoms with van der Waals surface area (Å²) < 4.78 is 28.9. The molecule has 3 heterocycles. The van der Waals surface area contributed by atoms with Crippen LogP contribution in [0.1, 0.15) is 76.8 Å². The van der Waals surface area contributed by atoms with Crippen molar-refractivity contribution in [2.45, 2.75) is 96.5 Å². The minimum atomic E-state index is -3.61. The number of rotatable bonds is 3. The number of hydrogen-bond acceptors (Lipinski definition) is 4. The SMILES string of the molecule is Cc1ccc(S(=O)(=O)N2C[C@@H]3C[C@H](C2)[C@@H]2CCCC(=O)N[C@H](C(C)C)CC[C@@H](C)CC(=O)N2C3)cc1C. The first-order valence-electron chi connectivity index (χ1n) is 14.1. The van der Waals surface area contributed by atoms with Gasteiger partial charge in [0.05, 0.1) is 4.90 Å². The molecule has 3 saturated heterocycles. The molecule has 2 bridgehead atoms. The van der Waals surface area contributed by atoms with Crippen molar-refractivity contribution < 1.29 is 18.0 Å². The summed E-state index contributed by atoms with van der Waals surface area (Å²) in [7, 11) is -3.61. The molecule has 1 aromatic rings. The second-order valence-electron chi connectivity index (χ2n) is 12.2. The van der Waals surface area contributed by atoms with E-state index in [1.54, 1.807) is 16.4 Å². The predicted octanol–water partition coefficient (Wildman–Crippen LogP) is 4.27. The molecule has 0 aromatic heterocycles. The summed E-state index contributed by atoms with van der Waals surface area (Å²) in [6, 6.07) is 5.47. The average Bonchev–Trinajstić information content (AvgIpc) is 2.84. The van der Waals surface area contributed by atoms with Gasteiger partial charge in [-0.05, 0) is 92.9 Å². The Morgan fingerprint density at radius 1 is 1.00 bits per heavy atom. The van der Waals surface area contributed by atoms with Gasteiger partial charge in [0.15, 0.2) is 0 Å². The van der Waals surface area contributed by atoms with E-state index in [4.69, 9.17) is 0 Å². The van der Waals surface area contributed by atoms with E-state index in [0.29, 0.717) is 49.7 Å². The molecule has 1 N–H and O–H groups in total. The molecule has 0 unspecified atom stereocenters. The quantitative estimate of drug-likeness (QED) is 0.631. The Labute approximate surface area is 223 Å². The molecule has 0 spiro atoms. The molecule has 7 nitrogen and oxygen atoms in total. The van der Waals surface area contributed by atoms with Gasteiger partial charge in [0.2, 0.25) is 21.8 Å². The van der Waals surface area contributed by atoms with Crippen molar-refractivity contribution in [3.05, 3.63) is 29.3 Å². The van der Waals surface area contributed by atoms with E-state index < -0.39 is 10.0 Å². The van der Waals surface area contributed by atoms with Crippen LogP contribution in [0.2, 0.25) is 0 Å². The van der Waals surface area contributed by atoms with Gasteiger partial charge in [-0.2, -0.15) is 4.31 Å². The van der Waals surface area contributed by atoms with Gasteiger partial charge in [0.25, 0.3) is 0 Å². The van der Waals surface area contributed by atoms with Crippen molar-refractivity contribution >= 4 is 21.8 Å². The molecule has 37 heavy (non-hydrogen) atoms. The zero-order chi connectivity index (χ0) is 26.9. The summed E-state index contributed by atoms with van der Waals surface area (Å²) in [4.78, 5) is 28.7. The number of aryl methyl sites for hydroxylation is 2. The van der Waals surface area contributed by atoms with Crippen molar-refractivity contribution in [2.24, 2.45) is 23.7 Å². The highest BCUT2D eigenvalue weighted by Crippen LogP contribution is 2.38. The van der Waals surface area contributed by atoms with Crippen molar-refractivity contribution in [1.82, 2.24) is 14.5 Å². The van der Waals surface area contributed by atoms with Crippen molar-refractivity contribution in [3.8, 4) is 0 Å². The molecule has 0 aliphatic carbocycles. The largest absolute Gasteiger partial charge is 0.353 e. The molecule has 0 saturated carbocycles. The Kier molecular flexibility index (Phi) is 8.68. The number of hydrogen-bond donors (Lipinski definition) is 1. The maximum absolute atomic E-state index is 13.6. The molecule has 3 aliphatic rings. The Balaban J connectivity index is 1.55. The zero-order valence-corrected chi connectivity index (χ0v) is 24.0. The summed E-state index contributed by atoms with van der Waals surface area (Å²) >= 11 is 0. The molecule has 206 valence electrons. The number of piperidine rings is 2. The van der Waals surface area contributed by atoms with Crippen LogP contribution in [0.3, 0.4) is 0 Å². The third-order valence-corrected chi connectivity index (χ3v) is 10.7. The van der Waals surface area contributed by atoms with Gasteiger partial charge in [0.1, 0.15) is 0 Å². The lowest BCUT2D eigenvalue weighted by molar-refractivity contribution is -0.141. The van der Waals surface area contributed by atoms with Crippen LogP contribution >= 0.6 is 0 Å². The van der Waals surface area contributed by atoms with Crippen LogP contribution in [0.4, 0.5) is 0 Å². The fourth-order valence-electron chi connectivity index (χ4n) is 6.48. The number of nitrogens with one attached hydrogen (secondary N) is 1. The number of carbonyl (C=O) groups excluding carboxylic acids is 2. The van der Waals surface area contributed by atoms with Gasteiger partial charge >= 0.3 is 0 Å². The number of carbonyl (C=O) groups is 2. The zero-order valence-electron chi connectivity index (χ0n) is 23.2. The molecule has 2 amide bonds. The third kappa shape index (κ3) is 6.39. The van der Waals surface area contributed by atoms with Crippen LogP contribution in [0, 0.1) is 37.5 Å². The van der Waals surface area contributed by atoms with Gasteiger partial charge in [0, 0.05) is 44.6 Å². The van der Waals surface area contributed by atoms with Crippen LogP contribution < -0.4 is 5.32 Å². The molecular formula is C29H45N3O4S. The topological polar surface area (TPSA) is 86.8 Å². The lowest BCUT2D eigenvalue weighted by Gasteiger charge is -2.50. The summed E-state index contributed by atoms with van der Waals surface area (Å²) in [5.74, 6) is 1.10. The molecule has 3 fully saturated rings. The monoisotopic (exact) mass is 531 g/mol.